The molecule has 0 aliphatic rings. The molecule has 74 valence electrons. The van der Waals surface area contributed by atoms with Crippen molar-refractivity contribution in [1.82, 2.24) is 0 Å². The quantitative estimate of drug-likeness (QED) is 0.378. The zero-order valence-electron chi connectivity index (χ0n) is 6.80. The number of para-hydroxylation sites is 1. The molecule has 0 aromatic heterocycles. The molecule has 0 unspecified atom stereocenters. The van der Waals surface area contributed by atoms with Crippen LogP contribution in [-0.4, -0.2) is 16.1 Å². The number of benzene rings is 1. The van der Waals surface area contributed by atoms with E-state index in [0.717, 1.165) is 5.69 Å². The van der Waals surface area contributed by atoms with Crippen molar-refractivity contribution in [3.8, 4) is 0 Å². The topological polar surface area (TPSA) is 74.1 Å². The maximum atomic E-state index is 10.5. The summed E-state index contributed by atoms with van der Waals surface area (Å²) < 4.78 is 10.5. The first-order valence-electron chi connectivity index (χ1n) is 3.51. The van der Waals surface area contributed by atoms with Crippen LogP contribution in [0, 0.1) is 0 Å². The number of hydrogen-bond acceptors (Lipinski definition) is 1. The monoisotopic (exact) mass is 223 g/mol. The molecular formula is C7H11ClNO3P. The molecule has 0 bridgehead atoms. The summed E-state index contributed by atoms with van der Waals surface area (Å²) >= 11 is 0. The predicted molar refractivity (Wildman–Crippen MR) is 44.9 cm³/mol. The van der Waals surface area contributed by atoms with Gasteiger partial charge in [0.15, 0.2) is 6.29 Å². The Labute approximate surface area is 82.6 Å². The minimum atomic E-state index is -3.89. The maximum Gasteiger partial charge on any atom is 0.379 e. The molecule has 0 spiro atoms. The van der Waals surface area contributed by atoms with Crippen LogP contribution in [0.4, 0.5) is 5.69 Å². The van der Waals surface area contributed by atoms with Gasteiger partial charge in [0, 0.05) is 0 Å². The van der Waals surface area contributed by atoms with Gasteiger partial charge in [-0.2, -0.15) is 0 Å². The molecule has 0 fully saturated rings. The molecule has 4 N–H and O–H groups in total. The third-order valence-corrected chi connectivity index (χ3v) is 2.02. The van der Waals surface area contributed by atoms with E-state index in [1.807, 2.05) is 18.2 Å². The van der Waals surface area contributed by atoms with E-state index in [4.69, 9.17) is 9.79 Å². The average Bonchev–Trinajstić information content (AvgIpc) is 2.02. The number of rotatable bonds is 3. The summed E-state index contributed by atoms with van der Waals surface area (Å²) in [4.78, 5) is 17.1. The van der Waals surface area contributed by atoms with Crippen LogP contribution in [0.15, 0.2) is 30.3 Å². The second-order valence-electron chi connectivity index (χ2n) is 2.46. The summed E-state index contributed by atoms with van der Waals surface area (Å²) in [5.74, 6) is 0. The van der Waals surface area contributed by atoms with E-state index >= 15 is 0 Å². The van der Waals surface area contributed by atoms with Crippen LogP contribution in [0.5, 0.6) is 0 Å². The van der Waals surface area contributed by atoms with Gasteiger partial charge >= 0.3 is 7.60 Å². The summed E-state index contributed by atoms with van der Waals surface area (Å²) in [7, 11) is -3.89. The Balaban J connectivity index is 0.00000144. The van der Waals surface area contributed by atoms with E-state index in [1.165, 1.54) is 5.32 Å². The minimum Gasteiger partial charge on any atom is -1.00 e. The third kappa shape index (κ3) is 5.80. The Bertz CT molecular complexity index is 287. The molecule has 0 saturated carbocycles. The molecule has 4 nitrogen and oxygen atoms in total. The fourth-order valence-corrected chi connectivity index (χ4v) is 1.26. The number of nitrogens with two attached hydrogens (primary N) is 1. The van der Waals surface area contributed by atoms with Crippen LogP contribution in [-0.2, 0) is 4.57 Å². The van der Waals surface area contributed by atoms with Gasteiger partial charge in [-0.05, 0) is 12.1 Å². The summed E-state index contributed by atoms with van der Waals surface area (Å²) in [5, 5.41) is 1.53. The average molecular weight is 224 g/mol. The Morgan fingerprint density at radius 3 is 2.23 bits per heavy atom. The zero-order chi connectivity index (χ0) is 9.03. The fraction of sp³-hybridized carbons (Fsp3) is 0.143. The molecule has 0 amide bonds. The largest absolute Gasteiger partial charge is 1.00 e. The zero-order valence-corrected chi connectivity index (χ0v) is 8.45. The highest BCUT2D eigenvalue weighted by Crippen LogP contribution is 2.30. The molecule has 0 saturated heterocycles. The standard InChI is InChI=1S/C7H10NO3P.ClH/c9-12(10,11)6-8-7-4-2-1-3-5-7;/h1-5,8H,6H2,(H2,9,10,11);1H. The molecule has 0 radical (unpaired) electrons. The first kappa shape index (κ1) is 12.6. The van der Waals surface area contributed by atoms with Gasteiger partial charge < -0.3 is 27.5 Å². The van der Waals surface area contributed by atoms with Gasteiger partial charge in [0.2, 0.25) is 0 Å². The molecule has 13 heavy (non-hydrogen) atoms. The summed E-state index contributed by atoms with van der Waals surface area (Å²) in [6.45, 7) is 0. The van der Waals surface area contributed by atoms with E-state index in [9.17, 15) is 4.57 Å². The lowest BCUT2D eigenvalue weighted by Gasteiger charge is -2.01. The first-order valence-corrected chi connectivity index (χ1v) is 5.30. The smallest absolute Gasteiger partial charge is 0.379 e. The number of halogens is 1. The lowest BCUT2D eigenvalue weighted by Crippen LogP contribution is -3.00. The minimum absolute atomic E-state index is 0. The molecule has 1 aromatic carbocycles. The second-order valence-corrected chi connectivity index (χ2v) is 4.16. The highest BCUT2D eigenvalue weighted by Gasteiger charge is 2.15. The number of quaternary nitrogens is 1. The molecule has 0 aliphatic carbocycles. The van der Waals surface area contributed by atoms with Gasteiger partial charge in [0.05, 0.1) is 0 Å². The van der Waals surface area contributed by atoms with E-state index in [-0.39, 0.29) is 18.7 Å². The van der Waals surface area contributed by atoms with E-state index in [2.05, 4.69) is 0 Å². The van der Waals surface area contributed by atoms with Crippen molar-refractivity contribution in [2.24, 2.45) is 0 Å². The maximum absolute atomic E-state index is 10.5. The van der Waals surface area contributed by atoms with Crippen LogP contribution in [0.3, 0.4) is 0 Å². The van der Waals surface area contributed by atoms with Crippen LogP contribution >= 0.6 is 7.60 Å². The number of hydrogen-bond donors (Lipinski definition) is 3. The highest BCUT2D eigenvalue weighted by molar-refractivity contribution is 7.51. The lowest BCUT2D eigenvalue weighted by atomic mass is 10.3. The molecule has 1 aromatic rings. The SMILES string of the molecule is O=P(O)(O)C[NH2+]c1ccccc1.[Cl-]. The third-order valence-electron chi connectivity index (χ3n) is 1.36. The Morgan fingerprint density at radius 1 is 1.23 bits per heavy atom. The van der Waals surface area contributed by atoms with Crippen LogP contribution in [0.2, 0.25) is 0 Å². The lowest BCUT2D eigenvalue weighted by molar-refractivity contribution is -0.554. The van der Waals surface area contributed by atoms with E-state index < -0.39 is 7.60 Å². The van der Waals surface area contributed by atoms with Crippen molar-refractivity contribution in [3.63, 3.8) is 0 Å². The van der Waals surface area contributed by atoms with Gasteiger partial charge in [-0.3, -0.25) is 4.57 Å². The molecule has 0 atom stereocenters. The molecule has 6 heteroatoms. The summed E-state index contributed by atoms with van der Waals surface area (Å²) in [6.07, 6.45) is -0.197. The van der Waals surface area contributed by atoms with Crippen molar-refractivity contribution in [3.05, 3.63) is 30.3 Å². The van der Waals surface area contributed by atoms with Crippen molar-refractivity contribution in [2.75, 3.05) is 6.29 Å². The van der Waals surface area contributed by atoms with E-state index in [1.54, 1.807) is 12.1 Å². The van der Waals surface area contributed by atoms with Crippen LogP contribution in [0.25, 0.3) is 0 Å². The summed E-state index contributed by atoms with van der Waals surface area (Å²) in [5.41, 5.74) is 0.834. The normalized spacial score (nSPS) is 10.6. The Morgan fingerprint density at radius 2 is 1.77 bits per heavy atom. The second kappa shape index (κ2) is 5.37. The summed E-state index contributed by atoms with van der Waals surface area (Å²) in [6, 6.07) is 9.11. The van der Waals surface area contributed by atoms with Crippen molar-refractivity contribution in [1.29, 1.82) is 0 Å². The van der Waals surface area contributed by atoms with Gasteiger partial charge in [-0.15, -0.1) is 0 Å². The predicted octanol–water partition coefficient (Wildman–Crippen LogP) is -2.98. The highest BCUT2D eigenvalue weighted by atomic mass is 35.5. The van der Waals surface area contributed by atoms with Crippen LogP contribution < -0.4 is 17.7 Å². The van der Waals surface area contributed by atoms with Gasteiger partial charge in [0.25, 0.3) is 0 Å². The van der Waals surface area contributed by atoms with Crippen LogP contribution in [0.1, 0.15) is 0 Å². The van der Waals surface area contributed by atoms with Gasteiger partial charge in [-0.1, -0.05) is 18.2 Å². The Hall–Kier alpha value is -0.380. The molecular weight excluding hydrogens is 213 g/mol. The molecule has 1 rings (SSSR count). The van der Waals surface area contributed by atoms with Crippen molar-refractivity contribution in [2.45, 2.75) is 0 Å². The van der Waals surface area contributed by atoms with Crippen molar-refractivity contribution >= 4 is 13.3 Å². The molecule has 0 aliphatic heterocycles. The molecule has 0 heterocycles. The van der Waals surface area contributed by atoms with Gasteiger partial charge in [0.1, 0.15) is 5.69 Å². The first-order chi connectivity index (χ1) is 5.58. The Kier molecular flexibility index (Phi) is 5.21. The van der Waals surface area contributed by atoms with Gasteiger partial charge in [-0.25, -0.2) is 0 Å². The fourth-order valence-electron chi connectivity index (χ4n) is 0.813. The van der Waals surface area contributed by atoms with Crippen molar-refractivity contribution < 1.29 is 32.1 Å². The van der Waals surface area contributed by atoms with E-state index in [0.29, 0.717) is 0 Å².